The van der Waals surface area contributed by atoms with Crippen LogP contribution in [0, 0.1) is 13.8 Å². The lowest BCUT2D eigenvalue weighted by atomic mass is 10.2. The van der Waals surface area contributed by atoms with Gasteiger partial charge in [0.05, 0.1) is 0 Å². The van der Waals surface area contributed by atoms with Crippen LogP contribution in [0.25, 0.3) is 5.52 Å². The molecule has 0 spiro atoms. The number of carbonyl (C=O) groups excluding carboxylic acids is 1. The molecular weight excluding hydrogens is 268 g/mol. The molecule has 21 heavy (non-hydrogen) atoms. The first-order valence-corrected chi connectivity index (χ1v) is 6.50. The highest BCUT2D eigenvalue weighted by molar-refractivity contribution is 6.03. The molecule has 3 aromatic rings. The fourth-order valence-electron chi connectivity index (χ4n) is 2.15. The highest BCUT2D eigenvalue weighted by Gasteiger charge is 2.13. The third-order valence-corrected chi connectivity index (χ3v) is 3.10. The second-order valence-corrected chi connectivity index (χ2v) is 4.95. The summed E-state index contributed by atoms with van der Waals surface area (Å²) in [5.74, 6) is -0.346. The topological polar surface area (TPSA) is 79.3 Å². The molecule has 6 nitrogen and oxygen atoms in total. The van der Waals surface area contributed by atoms with Crippen LogP contribution in [0.15, 0.2) is 41.3 Å². The van der Waals surface area contributed by atoms with E-state index in [1.165, 1.54) is 10.6 Å². The number of nitrogens with one attached hydrogen (secondary N) is 2. The van der Waals surface area contributed by atoms with Gasteiger partial charge in [0.25, 0.3) is 11.5 Å². The summed E-state index contributed by atoms with van der Waals surface area (Å²) >= 11 is 0. The van der Waals surface area contributed by atoms with E-state index in [9.17, 15) is 9.59 Å². The van der Waals surface area contributed by atoms with Crippen LogP contribution in [0.4, 0.5) is 5.69 Å². The fourth-order valence-corrected chi connectivity index (χ4v) is 2.15. The third kappa shape index (κ3) is 2.55. The molecule has 106 valence electrons. The predicted molar refractivity (Wildman–Crippen MR) is 79.7 cm³/mol. The van der Waals surface area contributed by atoms with Crippen LogP contribution in [-0.2, 0) is 0 Å². The van der Waals surface area contributed by atoms with E-state index in [-0.39, 0.29) is 17.2 Å². The standard InChI is InChI=1S/C15H14N4O2/c1-9-4-3-5-11(6-9)17-14(20)12-7-13-15(21)16-10(2)8-19(13)18-12/h3-8H,1-2H3,(H,16,21)(H,17,20). The first kappa shape index (κ1) is 13.1. The summed E-state index contributed by atoms with van der Waals surface area (Å²) in [6.07, 6.45) is 1.67. The average molecular weight is 282 g/mol. The summed E-state index contributed by atoms with van der Waals surface area (Å²) in [6, 6.07) is 8.96. The number of carbonyl (C=O) groups is 1. The largest absolute Gasteiger partial charge is 0.323 e. The number of H-pyrrole nitrogens is 1. The summed E-state index contributed by atoms with van der Waals surface area (Å²) in [7, 11) is 0. The third-order valence-electron chi connectivity index (χ3n) is 3.10. The van der Waals surface area contributed by atoms with E-state index < -0.39 is 0 Å². The van der Waals surface area contributed by atoms with Gasteiger partial charge in [-0.15, -0.1) is 0 Å². The first-order chi connectivity index (χ1) is 10.0. The maximum absolute atomic E-state index is 12.2. The van der Waals surface area contributed by atoms with Crippen molar-refractivity contribution in [3.05, 3.63) is 63.8 Å². The van der Waals surface area contributed by atoms with Crippen molar-refractivity contribution in [2.45, 2.75) is 13.8 Å². The Morgan fingerprint density at radius 1 is 1.29 bits per heavy atom. The number of hydrogen-bond donors (Lipinski definition) is 2. The Labute approximate surface area is 120 Å². The van der Waals surface area contributed by atoms with Gasteiger partial charge in [-0.3, -0.25) is 9.59 Å². The molecule has 0 saturated heterocycles. The maximum Gasteiger partial charge on any atom is 0.276 e. The van der Waals surface area contributed by atoms with E-state index in [0.29, 0.717) is 16.9 Å². The molecule has 0 aliphatic carbocycles. The fraction of sp³-hybridized carbons (Fsp3) is 0.133. The number of hydrogen-bond acceptors (Lipinski definition) is 3. The van der Waals surface area contributed by atoms with Crippen LogP contribution in [0.1, 0.15) is 21.7 Å². The van der Waals surface area contributed by atoms with Crippen molar-refractivity contribution in [2.75, 3.05) is 5.32 Å². The molecule has 0 unspecified atom stereocenters. The van der Waals surface area contributed by atoms with Gasteiger partial charge in [-0.1, -0.05) is 12.1 Å². The van der Waals surface area contributed by atoms with Crippen molar-refractivity contribution in [1.29, 1.82) is 0 Å². The Morgan fingerprint density at radius 3 is 2.86 bits per heavy atom. The van der Waals surface area contributed by atoms with Gasteiger partial charge in [0, 0.05) is 23.6 Å². The molecule has 0 bridgehead atoms. The minimum atomic E-state index is -0.346. The van der Waals surface area contributed by atoms with E-state index >= 15 is 0 Å². The minimum Gasteiger partial charge on any atom is -0.323 e. The summed E-state index contributed by atoms with van der Waals surface area (Å²) in [4.78, 5) is 26.7. The van der Waals surface area contributed by atoms with Crippen LogP contribution in [0.5, 0.6) is 0 Å². The van der Waals surface area contributed by atoms with Crippen molar-refractivity contribution >= 4 is 17.1 Å². The molecule has 0 aliphatic heterocycles. The molecular formula is C15H14N4O2. The second-order valence-electron chi connectivity index (χ2n) is 4.95. The average Bonchev–Trinajstić information content (AvgIpc) is 2.83. The van der Waals surface area contributed by atoms with Gasteiger partial charge in [-0.05, 0) is 31.5 Å². The van der Waals surface area contributed by atoms with Crippen molar-refractivity contribution in [3.63, 3.8) is 0 Å². The van der Waals surface area contributed by atoms with Crippen LogP contribution in [0.3, 0.4) is 0 Å². The second kappa shape index (κ2) is 4.90. The lowest BCUT2D eigenvalue weighted by molar-refractivity contribution is 0.102. The SMILES string of the molecule is Cc1cccc(NC(=O)c2cc3c(=O)[nH]c(C)cn3n2)c1. The predicted octanol–water partition coefficient (Wildman–Crippen LogP) is 1.89. The number of aromatic amines is 1. The highest BCUT2D eigenvalue weighted by atomic mass is 16.2. The van der Waals surface area contributed by atoms with Crippen LogP contribution in [0.2, 0.25) is 0 Å². The Kier molecular flexibility index (Phi) is 3.06. The van der Waals surface area contributed by atoms with E-state index in [2.05, 4.69) is 15.4 Å². The highest BCUT2D eigenvalue weighted by Crippen LogP contribution is 2.11. The normalized spacial score (nSPS) is 10.8. The monoisotopic (exact) mass is 282 g/mol. The van der Waals surface area contributed by atoms with Crippen molar-refractivity contribution in [1.82, 2.24) is 14.6 Å². The number of aryl methyl sites for hydroxylation is 2. The van der Waals surface area contributed by atoms with Crippen LogP contribution >= 0.6 is 0 Å². The molecule has 6 heteroatoms. The molecule has 2 aromatic heterocycles. The Hall–Kier alpha value is -2.89. The quantitative estimate of drug-likeness (QED) is 0.753. The molecule has 0 radical (unpaired) electrons. The maximum atomic E-state index is 12.2. The zero-order valence-electron chi connectivity index (χ0n) is 11.7. The molecule has 1 aromatic carbocycles. The van der Waals surface area contributed by atoms with Gasteiger partial charge in [0.1, 0.15) is 5.52 Å². The zero-order chi connectivity index (χ0) is 15.0. The van der Waals surface area contributed by atoms with E-state index in [4.69, 9.17) is 0 Å². The van der Waals surface area contributed by atoms with Gasteiger partial charge in [0.15, 0.2) is 5.69 Å². The van der Waals surface area contributed by atoms with Crippen molar-refractivity contribution in [3.8, 4) is 0 Å². The minimum absolute atomic E-state index is 0.201. The molecule has 0 aliphatic rings. The summed E-state index contributed by atoms with van der Waals surface area (Å²) in [5.41, 5.74) is 2.71. The molecule has 1 amide bonds. The molecule has 2 N–H and O–H groups in total. The zero-order valence-corrected chi connectivity index (χ0v) is 11.7. The summed E-state index contributed by atoms with van der Waals surface area (Å²) in [5, 5.41) is 6.90. The molecule has 0 saturated carbocycles. The summed E-state index contributed by atoms with van der Waals surface area (Å²) in [6.45, 7) is 3.71. The van der Waals surface area contributed by atoms with Crippen molar-refractivity contribution < 1.29 is 4.79 Å². The lowest BCUT2D eigenvalue weighted by Crippen LogP contribution is -2.12. The lowest BCUT2D eigenvalue weighted by Gasteiger charge is -2.03. The number of fused-ring (bicyclic) bond motifs is 1. The molecule has 3 rings (SSSR count). The number of benzene rings is 1. The Balaban J connectivity index is 1.95. The van der Waals surface area contributed by atoms with Gasteiger partial charge in [-0.25, -0.2) is 4.52 Å². The van der Waals surface area contributed by atoms with E-state index in [0.717, 1.165) is 5.56 Å². The van der Waals surface area contributed by atoms with Gasteiger partial charge < -0.3 is 10.3 Å². The first-order valence-electron chi connectivity index (χ1n) is 6.50. The number of anilines is 1. The molecule has 0 fully saturated rings. The Bertz CT molecular complexity index is 892. The van der Waals surface area contributed by atoms with Gasteiger partial charge in [0.2, 0.25) is 0 Å². The smallest absolute Gasteiger partial charge is 0.276 e. The van der Waals surface area contributed by atoms with Gasteiger partial charge in [-0.2, -0.15) is 5.10 Å². The van der Waals surface area contributed by atoms with E-state index in [1.54, 1.807) is 19.2 Å². The number of amides is 1. The molecule has 2 heterocycles. The Morgan fingerprint density at radius 2 is 2.10 bits per heavy atom. The number of nitrogens with zero attached hydrogens (tertiary/aromatic N) is 2. The van der Waals surface area contributed by atoms with Gasteiger partial charge >= 0.3 is 0 Å². The van der Waals surface area contributed by atoms with Crippen LogP contribution < -0.4 is 10.9 Å². The van der Waals surface area contributed by atoms with Crippen LogP contribution in [-0.4, -0.2) is 20.5 Å². The number of rotatable bonds is 2. The van der Waals surface area contributed by atoms with Crippen molar-refractivity contribution in [2.24, 2.45) is 0 Å². The van der Waals surface area contributed by atoms with E-state index in [1.807, 2.05) is 25.1 Å². The number of aromatic nitrogens is 3. The molecule has 0 atom stereocenters. The summed E-state index contributed by atoms with van der Waals surface area (Å²) < 4.78 is 1.42.